The summed E-state index contributed by atoms with van der Waals surface area (Å²) in [6.45, 7) is 4.24. The van der Waals surface area contributed by atoms with Crippen LogP contribution >= 0.6 is 0 Å². The molecular formula is C50H34BNO3. The number of hydrogen-bond acceptors (Lipinski definition) is 4. The van der Waals surface area contributed by atoms with Crippen molar-refractivity contribution in [2.24, 2.45) is 0 Å². The summed E-state index contributed by atoms with van der Waals surface area (Å²) >= 11 is 0. The van der Waals surface area contributed by atoms with Crippen LogP contribution in [-0.2, 0) is 0 Å². The number of fused-ring (bicyclic) bond motifs is 7. The van der Waals surface area contributed by atoms with Crippen molar-refractivity contribution in [1.29, 1.82) is 0 Å². The molecule has 0 bridgehead atoms. The lowest BCUT2D eigenvalue weighted by molar-refractivity contribution is 0.465. The minimum atomic E-state index is -0.0753. The van der Waals surface area contributed by atoms with E-state index in [1.165, 1.54) is 0 Å². The summed E-state index contributed by atoms with van der Waals surface area (Å²) in [5.41, 5.74) is 14.7. The van der Waals surface area contributed by atoms with E-state index in [2.05, 4.69) is 164 Å². The van der Waals surface area contributed by atoms with Gasteiger partial charge in [0.1, 0.15) is 28.6 Å². The van der Waals surface area contributed by atoms with Gasteiger partial charge in [-0.1, -0.05) is 133 Å². The molecule has 0 spiro atoms. The van der Waals surface area contributed by atoms with Gasteiger partial charge in [0, 0.05) is 34.1 Å². The third-order valence-electron chi connectivity index (χ3n) is 11.2. The maximum atomic E-state index is 7.02. The fourth-order valence-electron chi connectivity index (χ4n) is 8.58. The largest absolute Gasteiger partial charge is 0.458 e. The third-order valence-corrected chi connectivity index (χ3v) is 11.2. The predicted octanol–water partition coefficient (Wildman–Crippen LogP) is 11.7. The zero-order valence-corrected chi connectivity index (χ0v) is 30.4. The second-order valence-corrected chi connectivity index (χ2v) is 14.6. The number of rotatable bonds is 5. The zero-order valence-electron chi connectivity index (χ0n) is 30.4. The third kappa shape index (κ3) is 5.00. The van der Waals surface area contributed by atoms with Crippen LogP contribution in [0.4, 0.5) is 17.1 Å². The first-order valence-corrected chi connectivity index (χ1v) is 18.8. The van der Waals surface area contributed by atoms with E-state index in [0.29, 0.717) is 0 Å². The van der Waals surface area contributed by atoms with Gasteiger partial charge in [0.05, 0.1) is 11.4 Å². The van der Waals surface area contributed by atoms with E-state index in [1.807, 2.05) is 24.3 Å². The minimum absolute atomic E-state index is 0.0753. The lowest BCUT2D eigenvalue weighted by Crippen LogP contribution is -2.57. The van der Waals surface area contributed by atoms with Crippen LogP contribution in [-0.4, -0.2) is 6.71 Å². The number of aryl methyl sites for hydroxylation is 2. The van der Waals surface area contributed by atoms with Crippen molar-refractivity contribution in [1.82, 2.24) is 0 Å². The van der Waals surface area contributed by atoms with Gasteiger partial charge in [-0.25, -0.2) is 0 Å². The summed E-state index contributed by atoms with van der Waals surface area (Å²) in [6.07, 6.45) is 0. The van der Waals surface area contributed by atoms with Crippen LogP contribution in [0.2, 0.25) is 0 Å². The van der Waals surface area contributed by atoms with Crippen molar-refractivity contribution < 1.29 is 13.9 Å². The number of benzene rings is 8. The van der Waals surface area contributed by atoms with E-state index < -0.39 is 0 Å². The summed E-state index contributed by atoms with van der Waals surface area (Å²) in [4.78, 5) is 2.32. The second-order valence-electron chi connectivity index (χ2n) is 14.6. The van der Waals surface area contributed by atoms with E-state index in [9.17, 15) is 0 Å². The Bertz CT molecular complexity index is 2860. The van der Waals surface area contributed by atoms with Crippen LogP contribution in [0, 0.1) is 13.8 Å². The van der Waals surface area contributed by atoms with Crippen LogP contribution in [0.3, 0.4) is 0 Å². The molecule has 0 atom stereocenters. The molecule has 2 aliphatic rings. The maximum absolute atomic E-state index is 7.02. The van der Waals surface area contributed by atoms with Gasteiger partial charge in [-0.05, 0) is 82.4 Å². The van der Waals surface area contributed by atoms with E-state index in [4.69, 9.17) is 13.9 Å². The molecule has 5 heteroatoms. The van der Waals surface area contributed by atoms with Gasteiger partial charge in [0.25, 0.3) is 6.71 Å². The van der Waals surface area contributed by atoms with Gasteiger partial charge in [0.2, 0.25) is 0 Å². The van der Waals surface area contributed by atoms with Crippen LogP contribution in [0.15, 0.2) is 174 Å². The molecule has 0 N–H and O–H groups in total. The van der Waals surface area contributed by atoms with Crippen LogP contribution in [0.5, 0.6) is 23.0 Å². The molecule has 55 heavy (non-hydrogen) atoms. The molecule has 0 amide bonds. The van der Waals surface area contributed by atoms with Gasteiger partial charge < -0.3 is 18.8 Å². The molecule has 8 aromatic carbocycles. The highest BCUT2D eigenvalue weighted by Gasteiger charge is 2.41. The molecule has 4 nitrogen and oxygen atoms in total. The normalized spacial score (nSPS) is 12.4. The Morgan fingerprint density at radius 1 is 0.455 bits per heavy atom. The van der Waals surface area contributed by atoms with Crippen molar-refractivity contribution in [3.05, 3.63) is 181 Å². The smallest absolute Gasteiger partial charge is 0.260 e. The van der Waals surface area contributed by atoms with Gasteiger partial charge in [-0.3, -0.25) is 0 Å². The summed E-state index contributed by atoms with van der Waals surface area (Å²) in [6, 6.07) is 59.7. The SMILES string of the molecule is Cc1ccccc1N(c1cc2c3c(c1)Oc1cc(-c4ccccc4)ccc1B3c1ccc(-c3ccccc3)cc1O2)c1c(C)ccc2c1oc1ccccc12. The summed E-state index contributed by atoms with van der Waals surface area (Å²) in [7, 11) is 0. The number of ether oxygens (including phenoxy) is 2. The summed E-state index contributed by atoms with van der Waals surface area (Å²) < 4.78 is 20.8. The monoisotopic (exact) mass is 707 g/mol. The van der Waals surface area contributed by atoms with Crippen molar-refractivity contribution in [3.8, 4) is 45.3 Å². The molecule has 11 rings (SSSR count). The fourth-order valence-corrected chi connectivity index (χ4v) is 8.58. The zero-order chi connectivity index (χ0) is 36.6. The van der Waals surface area contributed by atoms with Gasteiger partial charge in [-0.15, -0.1) is 0 Å². The average Bonchev–Trinajstić information content (AvgIpc) is 3.61. The van der Waals surface area contributed by atoms with Crippen LogP contribution in [0.25, 0.3) is 44.2 Å². The first kappa shape index (κ1) is 31.5. The lowest BCUT2D eigenvalue weighted by Gasteiger charge is -2.35. The highest BCUT2D eigenvalue weighted by Crippen LogP contribution is 2.48. The minimum Gasteiger partial charge on any atom is -0.458 e. The summed E-state index contributed by atoms with van der Waals surface area (Å²) in [5.74, 6) is 3.25. The fraction of sp³-hybridized carbons (Fsp3) is 0.0400. The van der Waals surface area contributed by atoms with E-state index in [-0.39, 0.29) is 6.71 Å². The van der Waals surface area contributed by atoms with Crippen LogP contribution in [0.1, 0.15) is 11.1 Å². The molecule has 0 saturated carbocycles. The Morgan fingerprint density at radius 3 is 1.67 bits per heavy atom. The number of anilines is 3. The molecule has 0 fully saturated rings. The lowest BCUT2D eigenvalue weighted by atomic mass is 9.34. The molecule has 0 saturated heterocycles. The van der Waals surface area contributed by atoms with Gasteiger partial charge in [0.15, 0.2) is 5.58 Å². The molecule has 0 unspecified atom stereocenters. The van der Waals surface area contributed by atoms with Crippen molar-refractivity contribution in [2.75, 3.05) is 4.90 Å². The molecule has 0 radical (unpaired) electrons. The predicted molar refractivity (Wildman–Crippen MR) is 226 cm³/mol. The highest BCUT2D eigenvalue weighted by molar-refractivity contribution is 6.98. The van der Waals surface area contributed by atoms with E-state index in [0.717, 1.165) is 112 Å². The maximum Gasteiger partial charge on any atom is 0.260 e. The molecule has 2 aliphatic heterocycles. The molecule has 1 aromatic heterocycles. The second kappa shape index (κ2) is 12.3. The Morgan fingerprint density at radius 2 is 1.04 bits per heavy atom. The molecular weight excluding hydrogens is 673 g/mol. The number of hydrogen-bond donors (Lipinski definition) is 0. The average molecular weight is 708 g/mol. The standard InChI is InChI=1S/C50H34BNO3/c1-31-13-9-11-19-42(31)52(49-32(2)21-24-39-38-18-10-12-20-43(38)55-50(39)49)37-29-46-48-47(30-37)54-45-28-36(34-16-7-4-8-17-34)23-26-41(45)51(48)40-25-22-35(27-44(40)53-46)33-14-5-3-6-15-33/h3-30H,1-2H3. The number of para-hydroxylation sites is 2. The van der Waals surface area contributed by atoms with Crippen LogP contribution < -0.4 is 30.8 Å². The Balaban J connectivity index is 1.16. The molecule has 3 heterocycles. The highest BCUT2D eigenvalue weighted by atomic mass is 16.5. The van der Waals surface area contributed by atoms with Gasteiger partial charge in [-0.2, -0.15) is 0 Å². The molecule has 260 valence electrons. The quantitative estimate of drug-likeness (QED) is 0.167. The molecule has 0 aliphatic carbocycles. The first-order valence-electron chi connectivity index (χ1n) is 18.8. The first-order chi connectivity index (χ1) is 27.1. The number of nitrogens with zero attached hydrogens (tertiary/aromatic N) is 1. The van der Waals surface area contributed by atoms with Crippen molar-refractivity contribution in [3.63, 3.8) is 0 Å². The topological polar surface area (TPSA) is 34.8 Å². The Labute approximate surface area is 319 Å². The molecule has 9 aromatic rings. The Kier molecular flexibility index (Phi) is 7.05. The van der Waals surface area contributed by atoms with Crippen molar-refractivity contribution in [2.45, 2.75) is 13.8 Å². The van der Waals surface area contributed by atoms with E-state index in [1.54, 1.807) is 0 Å². The van der Waals surface area contributed by atoms with Gasteiger partial charge >= 0.3 is 0 Å². The summed E-state index contributed by atoms with van der Waals surface area (Å²) in [5, 5.41) is 2.17. The number of furan rings is 1. The Hall–Kier alpha value is -6.98. The van der Waals surface area contributed by atoms with Crippen molar-refractivity contribution >= 4 is 62.1 Å². The van der Waals surface area contributed by atoms with E-state index >= 15 is 0 Å².